The molecule has 0 saturated carbocycles. The Morgan fingerprint density at radius 1 is 0.943 bits per heavy atom. The van der Waals surface area contributed by atoms with Gasteiger partial charge >= 0.3 is 0 Å². The molecule has 0 bridgehead atoms. The Balaban J connectivity index is 1.43. The second-order valence-corrected chi connectivity index (χ2v) is 9.13. The van der Waals surface area contributed by atoms with E-state index in [-0.39, 0.29) is 35.5 Å². The van der Waals surface area contributed by atoms with Gasteiger partial charge in [0.05, 0.1) is 23.6 Å². The first kappa shape index (κ1) is 23.4. The molecule has 0 spiro atoms. The SMILES string of the molecule is CC(C)N1CCOc2c(F)cc(-c3cc(F)nc(Cc4ccc(N5CCNCC5)c(F)c4)n3)cc21. The zero-order valence-corrected chi connectivity index (χ0v) is 19.8. The van der Waals surface area contributed by atoms with Crippen LogP contribution in [0.5, 0.6) is 5.75 Å². The minimum absolute atomic E-state index is 0.143. The van der Waals surface area contributed by atoms with Crippen molar-refractivity contribution in [1.29, 1.82) is 0 Å². The molecule has 0 atom stereocenters. The van der Waals surface area contributed by atoms with Crippen LogP contribution in [0, 0.1) is 17.6 Å². The summed E-state index contributed by atoms with van der Waals surface area (Å²) in [6.45, 7) is 8.18. The smallest absolute Gasteiger partial charge is 0.216 e. The normalized spacial score (nSPS) is 15.8. The fourth-order valence-electron chi connectivity index (χ4n) is 4.68. The average Bonchev–Trinajstić information content (AvgIpc) is 2.84. The molecule has 0 unspecified atom stereocenters. The summed E-state index contributed by atoms with van der Waals surface area (Å²) in [6, 6.07) is 9.40. The highest BCUT2D eigenvalue weighted by atomic mass is 19.1. The number of fused-ring (bicyclic) bond motifs is 1. The van der Waals surface area contributed by atoms with Gasteiger partial charge in [-0.1, -0.05) is 6.07 Å². The molecule has 0 amide bonds. The lowest BCUT2D eigenvalue weighted by atomic mass is 10.1. The zero-order valence-electron chi connectivity index (χ0n) is 19.8. The molecule has 6 nitrogen and oxygen atoms in total. The van der Waals surface area contributed by atoms with Crippen molar-refractivity contribution in [1.82, 2.24) is 15.3 Å². The van der Waals surface area contributed by atoms with E-state index in [0.717, 1.165) is 26.2 Å². The molecule has 184 valence electrons. The Hall–Kier alpha value is -3.33. The van der Waals surface area contributed by atoms with E-state index in [1.165, 1.54) is 18.2 Å². The summed E-state index contributed by atoms with van der Waals surface area (Å²) >= 11 is 0. The summed E-state index contributed by atoms with van der Waals surface area (Å²) in [5.74, 6) is -1.17. The van der Waals surface area contributed by atoms with E-state index in [1.807, 2.05) is 29.7 Å². The van der Waals surface area contributed by atoms with Gasteiger partial charge in [-0.05, 0) is 43.7 Å². The van der Waals surface area contributed by atoms with Crippen molar-refractivity contribution in [2.75, 3.05) is 49.1 Å². The summed E-state index contributed by atoms with van der Waals surface area (Å²) in [7, 11) is 0. The number of halogens is 3. The van der Waals surface area contributed by atoms with Crippen LogP contribution in [0.4, 0.5) is 24.5 Å². The van der Waals surface area contributed by atoms with Crippen molar-refractivity contribution in [3.63, 3.8) is 0 Å². The summed E-state index contributed by atoms with van der Waals surface area (Å²) < 4.78 is 49.8. The van der Waals surface area contributed by atoms with E-state index in [9.17, 15) is 13.2 Å². The molecule has 1 saturated heterocycles. The number of ether oxygens (including phenoxy) is 1. The van der Waals surface area contributed by atoms with E-state index in [2.05, 4.69) is 15.3 Å². The third kappa shape index (κ3) is 4.91. The number of hydrogen-bond acceptors (Lipinski definition) is 6. The molecular formula is C26H28F3N5O. The first-order valence-electron chi connectivity index (χ1n) is 11.9. The molecule has 0 radical (unpaired) electrons. The number of nitrogens with one attached hydrogen (secondary N) is 1. The van der Waals surface area contributed by atoms with Crippen LogP contribution in [-0.2, 0) is 6.42 Å². The number of benzene rings is 2. The lowest BCUT2D eigenvalue weighted by Crippen LogP contribution is -2.43. The molecule has 0 aliphatic carbocycles. The van der Waals surface area contributed by atoms with E-state index < -0.39 is 11.8 Å². The van der Waals surface area contributed by atoms with Gasteiger partial charge in [-0.2, -0.15) is 4.39 Å². The number of rotatable bonds is 5. The molecule has 5 rings (SSSR count). The Labute approximate surface area is 202 Å². The summed E-state index contributed by atoms with van der Waals surface area (Å²) in [4.78, 5) is 12.4. The summed E-state index contributed by atoms with van der Waals surface area (Å²) in [5.41, 5.74) is 2.50. The number of piperazine rings is 1. The van der Waals surface area contributed by atoms with Crippen molar-refractivity contribution < 1.29 is 17.9 Å². The molecule has 9 heteroatoms. The number of aromatic nitrogens is 2. The highest BCUT2D eigenvalue weighted by molar-refractivity contribution is 5.72. The van der Waals surface area contributed by atoms with Crippen molar-refractivity contribution in [2.45, 2.75) is 26.3 Å². The molecule has 2 aliphatic rings. The van der Waals surface area contributed by atoms with Crippen molar-refractivity contribution >= 4 is 11.4 Å². The van der Waals surface area contributed by atoms with E-state index >= 15 is 0 Å². The predicted octanol–water partition coefficient (Wildman–Crippen LogP) is 4.17. The number of hydrogen-bond donors (Lipinski definition) is 1. The minimum Gasteiger partial charge on any atom is -0.486 e. The average molecular weight is 484 g/mol. The lowest BCUT2D eigenvalue weighted by molar-refractivity contribution is 0.287. The first-order chi connectivity index (χ1) is 16.9. The molecule has 1 fully saturated rings. The Kier molecular flexibility index (Phi) is 6.51. The Morgan fingerprint density at radius 2 is 1.74 bits per heavy atom. The van der Waals surface area contributed by atoms with Crippen LogP contribution >= 0.6 is 0 Å². The van der Waals surface area contributed by atoms with Gasteiger partial charge in [0.15, 0.2) is 11.6 Å². The van der Waals surface area contributed by atoms with E-state index in [0.29, 0.717) is 35.7 Å². The van der Waals surface area contributed by atoms with E-state index in [1.54, 1.807) is 12.1 Å². The molecule has 3 aromatic rings. The van der Waals surface area contributed by atoms with Gasteiger partial charge in [-0.15, -0.1) is 0 Å². The largest absolute Gasteiger partial charge is 0.486 e. The van der Waals surface area contributed by atoms with Crippen molar-refractivity contribution in [3.8, 4) is 17.0 Å². The van der Waals surface area contributed by atoms with Gasteiger partial charge in [-0.3, -0.25) is 0 Å². The second kappa shape index (κ2) is 9.73. The molecular weight excluding hydrogens is 455 g/mol. The molecule has 2 aromatic carbocycles. The molecule has 3 heterocycles. The van der Waals surface area contributed by atoms with Gasteiger partial charge in [-0.25, -0.2) is 18.7 Å². The maximum absolute atomic E-state index is 14.9. The standard InChI is InChI=1S/C26H28F3N5O/c1-16(2)34-9-10-35-26-20(28)13-18(14-23(26)34)21-15-24(29)32-25(31-21)12-17-3-4-22(19(27)11-17)33-7-5-30-6-8-33/h3-4,11,13-16,30H,5-10,12H2,1-2H3. The van der Waals surface area contributed by atoms with Crippen LogP contribution in [0.1, 0.15) is 25.2 Å². The first-order valence-corrected chi connectivity index (χ1v) is 11.9. The van der Waals surface area contributed by atoms with E-state index in [4.69, 9.17) is 4.74 Å². The lowest BCUT2D eigenvalue weighted by Gasteiger charge is -2.34. The maximum atomic E-state index is 14.9. The highest BCUT2D eigenvalue weighted by Gasteiger charge is 2.25. The Bertz CT molecular complexity index is 1230. The third-order valence-electron chi connectivity index (χ3n) is 6.40. The van der Waals surface area contributed by atoms with Gasteiger partial charge in [0.25, 0.3) is 0 Å². The fourth-order valence-corrected chi connectivity index (χ4v) is 4.68. The predicted molar refractivity (Wildman–Crippen MR) is 130 cm³/mol. The summed E-state index contributed by atoms with van der Waals surface area (Å²) in [5, 5.41) is 3.25. The fraction of sp³-hybridized carbons (Fsp3) is 0.385. The van der Waals surface area contributed by atoms with Crippen molar-refractivity contribution in [3.05, 3.63) is 65.4 Å². The van der Waals surface area contributed by atoms with Crippen LogP contribution < -0.4 is 19.9 Å². The van der Waals surface area contributed by atoms with Crippen LogP contribution in [0.15, 0.2) is 36.4 Å². The van der Waals surface area contributed by atoms with Crippen LogP contribution in [-0.4, -0.2) is 55.3 Å². The monoisotopic (exact) mass is 483 g/mol. The van der Waals surface area contributed by atoms with Gasteiger partial charge < -0.3 is 19.9 Å². The topological polar surface area (TPSA) is 53.5 Å². The van der Waals surface area contributed by atoms with Crippen LogP contribution in [0.25, 0.3) is 11.3 Å². The maximum Gasteiger partial charge on any atom is 0.216 e. The van der Waals surface area contributed by atoms with Gasteiger partial charge in [0.1, 0.15) is 18.2 Å². The van der Waals surface area contributed by atoms with Crippen LogP contribution in [0.3, 0.4) is 0 Å². The minimum atomic E-state index is -0.724. The van der Waals surface area contributed by atoms with Gasteiger partial charge in [0.2, 0.25) is 5.95 Å². The highest BCUT2D eigenvalue weighted by Crippen LogP contribution is 2.39. The van der Waals surface area contributed by atoms with Crippen molar-refractivity contribution in [2.24, 2.45) is 0 Å². The molecule has 2 aliphatic heterocycles. The van der Waals surface area contributed by atoms with Crippen LogP contribution in [0.2, 0.25) is 0 Å². The molecule has 1 N–H and O–H groups in total. The Morgan fingerprint density at radius 3 is 2.49 bits per heavy atom. The second-order valence-electron chi connectivity index (χ2n) is 9.13. The third-order valence-corrected chi connectivity index (χ3v) is 6.40. The van der Waals surface area contributed by atoms with Gasteiger partial charge in [0, 0.05) is 50.3 Å². The molecule has 35 heavy (non-hydrogen) atoms. The quantitative estimate of drug-likeness (QED) is 0.550. The summed E-state index contributed by atoms with van der Waals surface area (Å²) in [6.07, 6.45) is 0.151. The zero-order chi connectivity index (χ0) is 24.5. The number of anilines is 2. The molecule has 1 aromatic heterocycles. The number of nitrogens with zero attached hydrogens (tertiary/aromatic N) is 4.